The van der Waals surface area contributed by atoms with Gasteiger partial charge in [0.25, 0.3) is 0 Å². The normalized spacial score (nSPS) is 11.5. The van der Waals surface area contributed by atoms with E-state index in [2.05, 4.69) is 19.9 Å². The quantitative estimate of drug-likeness (QED) is 0.510. The molecule has 1 aromatic heterocycles. The fourth-order valence-electron chi connectivity index (χ4n) is 2.52. The molecule has 27 heavy (non-hydrogen) atoms. The average Bonchev–Trinajstić information content (AvgIpc) is 2.62. The maximum Gasteiger partial charge on any atom is 0.383 e. The highest BCUT2D eigenvalue weighted by atomic mass is 16.5. The van der Waals surface area contributed by atoms with Crippen LogP contribution in [-0.2, 0) is 0 Å². The third kappa shape index (κ3) is 5.62. The predicted molar refractivity (Wildman–Crippen MR) is 105 cm³/mol. The first kappa shape index (κ1) is 20.6. The molecule has 0 fully saturated rings. The number of benzene rings is 1. The number of rotatable bonds is 9. The van der Waals surface area contributed by atoms with E-state index < -0.39 is 5.63 Å². The molecule has 0 bridgehead atoms. The van der Waals surface area contributed by atoms with Crippen LogP contribution in [0.2, 0.25) is 0 Å². The Labute approximate surface area is 158 Å². The number of ether oxygens (including phenoxy) is 2. The van der Waals surface area contributed by atoms with Crippen LogP contribution >= 0.6 is 0 Å². The Morgan fingerprint density at radius 3 is 2.67 bits per heavy atom. The van der Waals surface area contributed by atoms with Crippen molar-refractivity contribution in [2.75, 3.05) is 19.8 Å². The third-order valence-electron chi connectivity index (χ3n) is 3.93. The minimum atomic E-state index is -0.782. The van der Waals surface area contributed by atoms with Crippen molar-refractivity contribution in [2.24, 2.45) is 0 Å². The summed E-state index contributed by atoms with van der Waals surface area (Å²) in [6.07, 6.45) is 5.89. The van der Waals surface area contributed by atoms with Gasteiger partial charge in [0.2, 0.25) is 5.75 Å². The topological polar surface area (TPSA) is 89.1 Å². The molecular weight excluding hydrogens is 348 g/mol. The monoisotopic (exact) mass is 374 g/mol. The van der Waals surface area contributed by atoms with Crippen molar-refractivity contribution in [3.05, 3.63) is 51.9 Å². The largest absolute Gasteiger partial charge is 0.504 e. The molecule has 6 heteroatoms. The minimum Gasteiger partial charge on any atom is -0.504 e. The molecule has 1 aromatic carbocycles. The lowest BCUT2D eigenvalue weighted by Gasteiger charge is -2.10. The molecule has 2 rings (SSSR count). The average molecular weight is 374 g/mol. The first-order chi connectivity index (χ1) is 12.9. The van der Waals surface area contributed by atoms with Gasteiger partial charge >= 0.3 is 5.63 Å². The molecule has 2 aromatic rings. The van der Waals surface area contributed by atoms with Crippen molar-refractivity contribution >= 4 is 11.0 Å². The van der Waals surface area contributed by atoms with Crippen LogP contribution in [0.25, 0.3) is 11.0 Å². The summed E-state index contributed by atoms with van der Waals surface area (Å²) >= 11 is 0. The lowest BCUT2D eigenvalue weighted by molar-refractivity contribution is 0.201. The van der Waals surface area contributed by atoms with Crippen LogP contribution in [0.4, 0.5) is 0 Å². The first-order valence-electron chi connectivity index (χ1n) is 8.88. The van der Waals surface area contributed by atoms with Gasteiger partial charge in [-0.2, -0.15) is 0 Å². The van der Waals surface area contributed by atoms with Gasteiger partial charge in [0.15, 0.2) is 17.1 Å². The number of aliphatic hydroxyl groups excluding tert-OH is 1. The minimum absolute atomic E-state index is 0.0542. The lowest BCUT2D eigenvalue weighted by Crippen LogP contribution is -2.09. The van der Waals surface area contributed by atoms with Crippen LogP contribution in [0.5, 0.6) is 17.2 Å². The zero-order chi connectivity index (χ0) is 19.8. The first-order valence-corrected chi connectivity index (χ1v) is 8.88. The maximum absolute atomic E-state index is 12.2. The number of fused-ring (bicyclic) bond motifs is 1. The molecule has 0 spiro atoms. The highest BCUT2D eigenvalue weighted by Gasteiger charge is 2.17. The number of aromatic hydroxyl groups is 1. The summed E-state index contributed by atoms with van der Waals surface area (Å²) in [6, 6.07) is 4.86. The summed E-state index contributed by atoms with van der Waals surface area (Å²) in [5.41, 5.74) is 1.75. The predicted octanol–water partition coefficient (Wildman–Crippen LogP) is 3.94. The van der Waals surface area contributed by atoms with Crippen LogP contribution < -0.4 is 15.1 Å². The van der Waals surface area contributed by atoms with Crippen molar-refractivity contribution in [1.29, 1.82) is 0 Å². The standard InChI is InChI=1S/C21H26O6/c1-14(2)6-4-7-15(3)10-12-26-20-18(23)16-8-5-9-17(25-13-11-22)19(16)27-21(20)24/h5-6,8-10,22-23H,4,7,11-13H2,1-3H3/b15-10+. The van der Waals surface area contributed by atoms with Gasteiger partial charge in [0, 0.05) is 0 Å². The summed E-state index contributed by atoms with van der Waals surface area (Å²) in [6.45, 7) is 6.15. The Morgan fingerprint density at radius 2 is 1.96 bits per heavy atom. The summed E-state index contributed by atoms with van der Waals surface area (Å²) in [5, 5.41) is 19.6. The van der Waals surface area contributed by atoms with E-state index in [4.69, 9.17) is 19.0 Å². The summed E-state index contributed by atoms with van der Waals surface area (Å²) in [4.78, 5) is 12.2. The van der Waals surface area contributed by atoms with E-state index in [1.165, 1.54) is 5.57 Å². The smallest absolute Gasteiger partial charge is 0.383 e. The molecule has 1 heterocycles. The Kier molecular flexibility index (Phi) is 7.49. The summed E-state index contributed by atoms with van der Waals surface area (Å²) in [5.74, 6) is -0.239. The van der Waals surface area contributed by atoms with Crippen LogP contribution in [-0.4, -0.2) is 30.0 Å². The van der Waals surface area contributed by atoms with Crippen molar-refractivity contribution in [2.45, 2.75) is 33.6 Å². The Bertz CT molecular complexity index is 887. The van der Waals surface area contributed by atoms with E-state index in [9.17, 15) is 9.90 Å². The van der Waals surface area contributed by atoms with Gasteiger partial charge in [-0.1, -0.05) is 23.3 Å². The molecule has 0 atom stereocenters. The SMILES string of the molecule is CC(C)=CCC/C(C)=C/COc1c(O)c2cccc(OCCO)c2oc1=O. The Morgan fingerprint density at radius 1 is 1.19 bits per heavy atom. The van der Waals surface area contributed by atoms with E-state index in [0.29, 0.717) is 5.39 Å². The molecule has 0 aliphatic carbocycles. The second kappa shape index (κ2) is 9.83. The van der Waals surface area contributed by atoms with Crippen LogP contribution in [0.3, 0.4) is 0 Å². The van der Waals surface area contributed by atoms with Crippen LogP contribution in [0, 0.1) is 0 Å². The number of para-hydroxylation sites is 1. The van der Waals surface area contributed by atoms with Gasteiger partial charge in [-0.15, -0.1) is 0 Å². The van der Waals surface area contributed by atoms with Crippen molar-refractivity contribution in [3.63, 3.8) is 0 Å². The van der Waals surface area contributed by atoms with Gasteiger partial charge < -0.3 is 24.1 Å². The summed E-state index contributed by atoms with van der Waals surface area (Å²) in [7, 11) is 0. The zero-order valence-electron chi connectivity index (χ0n) is 15.9. The van der Waals surface area contributed by atoms with Gasteiger partial charge in [-0.3, -0.25) is 0 Å². The lowest BCUT2D eigenvalue weighted by atomic mass is 10.1. The molecule has 6 nitrogen and oxygen atoms in total. The van der Waals surface area contributed by atoms with Gasteiger partial charge in [0.1, 0.15) is 13.2 Å². The van der Waals surface area contributed by atoms with Crippen molar-refractivity contribution in [1.82, 2.24) is 0 Å². The number of hydrogen-bond acceptors (Lipinski definition) is 6. The number of aliphatic hydroxyl groups is 1. The molecular formula is C21H26O6. The van der Waals surface area contributed by atoms with Crippen molar-refractivity contribution < 1.29 is 24.1 Å². The van der Waals surface area contributed by atoms with Gasteiger partial charge in [-0.05, 0) is 51.8 Å². The van der Waals surface area contributed by atoms with Crippen LogP contribution in [0.1, 0.15) is 33.6 Å². The van der Waals surface area contributed by atoms with E-state index >= 15 is 0 Å². The number of hydrogen-bond donors (Lipinski definition) is 2. The Balaban J connectivity index is 2.17. The molecule has 0 aliphatic heterocycles. The van der Waals surface area contributed by atoms with Gasteiger partial charge in [-0.25, -0.2) is 4.79 Å². The molecule has 0 unspecified atom stereocenters. The molecule has 0 radical (unpaired) electrons. The highest BCUT2D eigenvalue weighted by Crippen LogP contribution is 2.35. The van der Waals surface area contributed by atoms with E-state index in [1.54, 1.807) is 18.2 Å². The summed E-state index contributed by atoms with van der Waals surface area (Å²) < 4.78 is 16.1. The molecule has 0 saturated carbocycles. The zero-order valence-corrected chi connectivity index (χ0v) is 15.9. The van der Waals surface area contributed by atoms with Gasteiger partial charge in [0.05, 0.1) is 12.0 Å². The second-order valence-electron chi connectivity index (χ2n) is 6.45. The Hall–Kier alpha value is -2.73. The molecule has 146 valence electrons. The second-order valence-corrected chi connectivity index (χ2v) is 6.45. The van der Waals surface area contributed by atoms with Crippen LogP contribution in [0.15, 0.2) is 50.7 Å². The number of allylic oxidation sites excluding steroid dienone is 3. The molecule has 0 aliphatic rings. The third-order valence-corrected chi connectivity index (χ3v) is 3.93. The van der Waals surface area contributed by atoms with E-state index in [0.717, 1.165) is 18.4 Å². The van der Waals surface area contributed by atoms with Crippen molar-refractivity contribution in [3.8, 4) is 17.2 Å². The fraction of sp³-hybridized carbons (Fsp3) is 0.381. The fourth-order valence-corrected chi connectivity index (χ4v) is 2.52. The highest BCUT2D eigenvalue weighted by molar-refractivity contribution is 5.89. The molecule has 2 N–H and O–H groups in total. The molecule has 0 amide bonds. The van der Waals surface area contributed by atoms with E-state index in [-0.39, 0.29) is 42.7 Å². The molecule has 0 saturated heterocycles. The van der Waals surface area contributed by atoms with E-state index in [1.807, 2.05) is 13.0 Å². The maximum atomic E-state index is 12.2.